The third-order valence-electron chi connectivity index (χ3n) is 5.54. The first kappa shape index (κ1) is 13.6. The zero-order chi connectivity index (χ0) is 14.6. The topological polar surface area (TPSA) is 29.9 Å². The van der Waals surface area contributed by atoms with Crippen molar-refractivity contribution in [2.45, 2.75) is 51.4 Å². The molecule has 2 bridgehead atoms. The summed E-state index contributed by atoms with van der Waals surface area (Å²) >= 11 is 0. The highest BCUT2D eigenvalue weighted by atomic mass is 19.4. The molecule has 2 heterocycles. The molecule has 1 aliphatic heterocycles. The summed E-state index contributed by atoms with van der Waals surface area (Å²) in [5, 5.41) is 3.11. The summed E-state index contributed by atoms with van der Waals surface area (Å²) in [5.74, 6) is 1.13. The van der Waals surface area contributed by atoms with E-state index in [2.05, 4.69) is 10.3 Å². The third kappa shape index (κ3) is 2.28. The Hall–Kier alpha value is -1.04. The molecular weight excluding hydrogens is 279 g/mol. The summed E-state index contributed by atoms with van der Waals surface area (Å²) in [6.45, 7) is 1.72. The van der Waals surface area contributed by atoms with Crippen molar-refractivity contribution in [1.82, 2.24) is 14.9 Å². The number of imidazole rings is 1. The van der Waals surface area contributed by atoms with Crippen molar-refractivity contribution in [3.8, 4) is 0 Å². The molecule has 116 valence electrons. The molecule has 2 fully saturated rings. The minimum Gasteiger partial charge on any atom is -0.324 e. The van der Waals surface area contributed by atoms with Crippen LogP contribution in [0.25, 0.3) is 0 Å². The first-order valence-corrected chi connectivity index (χ1v) is 7.88. The van der Waals surface area contributed by atoms with Gasteiger partial charge in [-0.1, -0.05) is 6.42 Å². The van der Waals surface area contributed by atoms with E-state index in [1.807, 2.05) is 0 Å². The van der Waals surface area contributed by atoms with Crippen LogP contribution in [0, 0.1) is 17.8 Å². The highest BCUT2D eigenvalue weighted by Gasteiger charge is 2.43. The molecule has 3 aliphatic rings. The van der Waals surface area contributed by atoms with Crippen LogP contribution in [0.2, 0.25) is 0 Å². The van der Waals surface area contributed by atoms with E-state index in [0.717, 1.165) is 24.6 Å². The monoisotopic (exact) mass is 299 g/mol. The van der Waals surface area contributed by atoms with E-state index in [0.29, 0.717) is 37.0 Å². The van der Waals surface area contributed by atoms with Crippen molar-refractivity contribution < 1.29 is 13.2 Å². The summed E-state index contributed by atoms with van der Waals surface area (Å²) < 4.78 is 41.4. The van der Waals surface area contributed by atoms with Crippen LogP contribution in [0.15, 0.2) is 0 Å². The summed E-state index contributed by atoms with van der Waals surface area (Å²) in [6.07, 6.45) is 1.11. The van der Waals surface area contributed by atoms with Gasteiger partial charge in [-0.05, 0) is 37.0 Å². The fourth-order valence-corrected chi connectivity index (χ4v) is 4.62. The minimum absolute atomic E-state index is 0.415. The lowest BCUT2D eigenvalue weighted by molar-refractivity contribution is -0.147. The fourth-order valence-electron chi connectivity index (χ4n) is 4.62. The van der Waals surface area contributed by atoms with Crippen LogP contribution in [-0.2, 0) is 25.7 Å². The number of nitrogens with one attached hydrogen (secondary N) is 1. The molecule has 3 unspecified atom stereocenters. The van der Waals surface area contributed by atoms with E-state index in [1.54, 1.807) is 0 Å². The molecule has 0 radical (unpaired) electrons. The van der Waals surface area contributed by atoms with Gasteiger partial charge in [0.15, 0.2) is 0 Å². The normalized spacial score (nSPS) is 31.7. The predicted octanol–water partition coefficient (Wildman–Crippen LogP) is 2.98. The highest BCUT2D eigenvalue weighted by molar-refractivity contribution is 5.22. The number of fused-ring (bicyclic) bond motifs is 3. The average molecular weight is 299 g/mol. The molecule has 3 nitrogen and oxygen atoms in total. The van der Waals surface area contributed by atoms with Crippen LogP contribution in [0.4, 0.5) is 13.2 Å². The lowest BCUT2D eigenvalue weighted by Gasteiger charge is -2.25. The van der Waals surface area contributed by atoms with E-state index >= 15 is 0 Å². The number of nitrogens with zero attached hydrogens (tertiary/aromatic N) is 2. The number of aromatic nitrogens is 2. The molecule has 4 rings (SSSR count). The van der Waals surface area contributed by atoms with Crippen LogP contribution in [0.5, 0.6) is 0 Å². The van der Waals surface area contributed by atoms with Crippen molar-refractivity contribution in [1.29, 1.82) is 0 Å². The van der Waals surface area contributed by atoms with Crippen molar-refractivity contribution in [2.75, 3.05) is 6.54 Å². The molecule has 3 atom stereocenters. The first-order chi connectivity index (χ1) is 10.0. The Labute approximate surface area is 121 Å². The van der Waals surface area contributed by atoms with Gasteiger partial charge in [-0.15, -0.1) is 0 Å². The maximum Gasteiger partial charge on any atom is 0.449 e. The summed E-state index contributed by atoms with van der Waals surface area (Å²) in [4.78, 5) is 3.90. The summed E-state index contributed by atoms with van der Waals surface area (Å²) in [7, 11) is 0. The molecule has 0 spiro atoms. The number of hydrogen-bond acceptors (Lipinski definition) is 2. The number of hydrogen-bond donors (Lipinski definition) is 1. The zero-order valence-electron chi connectivity index (χ0n) is 11.9. The number of alkyl halides is 3. The SMILES string of the molecule is FC(F)(F)c1nc2c(n1CC1CC3CCC1C3)CCNC2. The Morgan fingerprint density at radius 3 is 2.76 bits per heavy atom. The van der Waals surface area contributed by atoms with Gasteiger partial charge in [0.2, 0.25) is 5.82 Å². The Bertz CT molecular complexity index is 549. The molecule has 21 heavy (non-hydrogen) atoms. The van der Waals surface area contributed by atoms with Gasteiger partial charge in [0.1, 0.15) is 0 Å². The van der Waals surface area contributed by atoms with Gasteiger partial charge in [0, 0.05) is 31.7 Å². The molecule has 6 heteroatoms. The second-order valence-corrected chi connectivity index (χ2v) is 6.80. The Morgan fingerprint density at radius 2 is 2.10 bits per heavy atom. The van der Waals surface area contributed by atoms with Gasteiger partial charge in [-0.2, -0.15) is 13.2 Å². The molecule has 0 aromatic carbocycles. The van der Waals surface area contributed by atoms with Crippen LogP contribution in [0.1, 0.15) is 42.9 Å². The average Bonchev–Trinajstić information content (AvgIpc) is 3.12. The van der Waals surface area contributed by atoms with Crippen molar-refractivity contribution >= 4 is 0 Å². The fraction of sp³-hybridized carbons (Fsp3) is 0.800. The first-order valence-electron chi connectivity index (χ1n) is 7.88. The van der Waals surface area contributed by atoms with Crippen molar-refractivity contribution in [2.24, 2.45) is 17.8 Å². The second-order valence-electron chi connectivity index (χ2n) is 6.80. The largest absolute Gasteiger partial charge is 0.449 e. The molecule has 2 aliphatic carbocycles. The molecule has 0 amide bonds. The predicted molar refractivity (Wildman–Crippen MR) is 71.6 cm³/mol. The van der Waals surface area contributed by atoms with Gasteiger partial charge in [-0.3, -0.25) is 0 Å². The third-order valence-corrected chi connectivity index (χ3v) is 5.54. The number of halogens is 3. The van der Waals surface area contributed by atoms with Gasteiger partial charge in [0.05, 0.1) is 5.69 Å². The highest BCUT2D eigenvalue weighted by Crippen LogP contribution is 2.49. The quantitative estimate of drug-likeness (QED) is 0.910. The lowest BCUT2D eigenvalue weighted by Crippen LogP contribution is -2.27. The van der Waals surface area contributed by atoms with Crippen molar-refractivity contribution in [3.63, 3.8) is 0 Å². The summed E-state index contributed by atoms with van der Waals surface area (Å²) in [6, 6.07) is 0. The van der Waals surface area contributed by atoms with E-state index in [4.69, 9.17) is 0 Å². The number of rotatable bonds is 2. The Balaban J connectivity index is 1.67. The van der Waals surface area contributed by atoms with Gasteiger partial charge < -0.3 is 9.88 Å². The lowest BCUT2D eigenvalue weighted by atomic mass is 9.88. The standard InChI is InChI=1S/C15H20F3N3/c16-15(17,18)14-20-12-7-19-4-3-13(12)21(14)8-11-6-9-1-2-10(11)5-9/h9-11,19H,1-8H2. The molecule has 2 saturated carbocycles. The van der Waals surface area contributed by atoms with Crippen LogP contribution in [-0.4, -0.2) is 16.1 Å². The second kappa shape index (κ2) is 4.73. The van der Waals surface area contributed by atoms with Crippen LogP contribution in [0.3, 0.4) is 0 Å². The van der Waals surface area contributed by atoms with E-state index in [9.17, 15) is 13.2 Å². The van der Waals surface area contributed by atoms with Crippen molar-refractivity contribution in [3.05, 3.63) is 17.2 Å². The van der Waals surface area contributed by atoms with Crippen LogP contribution < -0.4 is 5.32 Å². The molecule has 1 aromatic rings. The summed E-state index contributed by atoms with van der Waals surface area (Å²) in [5.41, 5.74) is 1.40. The molecular formula is C15H20F3N3. The minimum atomic E-state index is -4.35. The van der Waals surface area contributed by atoms with Crippen LogP contribution >= 0.6 is 0 Å². The van der Waals surface area contributed by atoms with Gasteiger partial charge >= 0.3 is 6.18 Å². The van der Waals surface area contributed by atoms with Gasteiger partial charge in [0.25, 0.3) is 0 Å². The van der Waals surface area contributed by atoms with E-state index < -0.39 is 12.0 Å². The van der Waals surface area contributed by atoms with E-state index in [1.165, 1.54) is 23.8 Å². The smallest absolute Gasteiger partial charge is 0.324 e. The maximum atomic E-state index is 13.3. The molecule has 1 N–H and O–H groups in total. The Kier molecular flexibility index (Phi) is 3.07. The van der Waals surface area contributed by atoms with E-state index in [-0.39, 0.29) is 0 Å². The Morgan fingerprint density at radius 1 is 1.24 bits per heavy atom. The zero-order valence-corrected chi connectivity index (χ0v) is 11.9. The van der Waals surface area contributed by atoms with Gasteiger partial charge in [-0.25, -0.2) is 4.98 Å². The molecule has 1 aromatic heterocycles. The molecule has 0 saturated heterocycles. The maximum absolute atomic E-state index is 13.3.